The van der Waals surface area contributed by atoms with E-state index in [1.54, 1.807) is 6.07 Å². The Labute approximate surface area is 164 Å². The van der Waals surface area contributed by atoms with Gasteiger partial charge in [-0.25, -0.2) is 0 Å². The number of nitrogens with zero attached hydrogens (tertiary/aromatic N) is 2. The highest BCUT2D eigenvalue weighted by atomic mass is 16.6. The molecule has 0 spiro atoms. The molecule has 1 amide bonds. The molecule has 0 saturated carbocycles. The van der Waals surface area contributed by atoms with E-state index < -0.39 is 10.8 Å². The summed E-state index contributed by atoms with van der Waals surface area (Å²) in [6.07, 6.45) is 2.13. The van der Waals surface area contributed by atoms with Gasteiger partial charge < -0.3 is 11.1 Å². The topological polar surface area (TPSA) is 102 Å². The Bertz CT molecular complexity index is 843. The van der Waals surface area contributed by atoms with Gasteiger partial charge in [0.25, 0.3) is 11.6 Å². The number of carbonyl (C=O) groups is 1. The number of nitrogens with two attached hydrogens (primary N) is 1. The van der Waals surface area contributed by atoms with Gasteiger partial charge in [0, 0.05) is 30.9 Å². The predicted molar refractivity (Wildman–Crippen MR) is 109 cm³/mol. The van der Waals surface area contributed by atoms with Crippen molar-refractivity contribution in [3.63, 3.8) is 0 Å². The SMILES string of the molecule is Cc1ccc(CN2CCC(CNc3ccc([N+](=O)[O-])cc3C(N)=O)CC2)cc1. The second-order valence-electron chi connectivity index (χ2n) is 7.44. The summed E-state index contributed by atoms with van der Waals surface area (Å²) in [5, 5.41) is 14.2. The third kappa shape index (κ3) is 5.07. The summed E-state index contributed by atoms with van der Waals surface area (Å²) >= 11 is 0. The number of likely N-dealkylation sites (tertiary alicyclic amines) is 1. The van der Waals surface area contributed by atoms with Crippen LogP contribution in [0.5, 0.6) is 0 Å². The van der Waals surface area contributed by atoms with Gasteiger partial charge in [-0.1, -0.05) is 29.8 Å². The molecule has 7 nitrogen and oxygen atoms in total. The van der Waals surface area contributed by atoms with Crippen LogP contribution in [0.15, 0.2) is 42.5 Å². The van der Waals surface area contributed by atoms with Gasteiger partial charge in [-0.2, -0.15) is 0 Å². The number of rotatable bonds is 7. The molecular formula is C21H26N4O3. The molecule has 2 aromatic rings. The number of amides is 1. The molecule has 0 aromatic heterocycles. The molecular weight excluding hydrogens is 356 g/mol. The summed E-state index contributed by atoms with van der Waals surface area (Å²) in [4.78, 5) is 24.5. The van der Waals surface area contributed by atoms with E-state index in [4.69, 9.17) is 5.73 Å². The second kappa shape index (κ2) is 8.84. The van der Waals surface area contributed by atoms with E-state index in [0.717, 1.165) is 39.0 Å². The van der Waals surface area contributed by atoms with E-state index in [0.29, 0.717) is 11.6 Å². The minimum absolute atomic E-state index is 0.135. The lowest BCUT2D eigenvalue weighted by molar-refractivity contribution is -0.384. The summed E-state index contributed by atoms with van der Waals surface area (Å²) < 4.78 is 0. The van der Waals surface area contributed by atoms with Crippen molar-refractivity contribution in [2.75, 3.05) is 25.0 Å². The largest absolute Gasteiger partial charge is 0.384 e. The molecule has 2 aromatic carbocycles. The zero-order valence-corrected chi connectivity index (χ0v) is 16.1. The summed E-state index contributed by atoms with van der Waals surface area (Å²) in [6, 6.07) is 12.8. The average molecular weight is 382 g/mol. The van der Waals surface area contributed by atoms with Crippen LogP contribution in [0.25, 0.3) is 0 Å². The van der Waals surface area contributed by atoms with Crippen molar-refractivity contribution in [3.8, 4) is 0 Å². The Morgan fingerprint density at radius 2 is 1.89 bits per heavy atom. The lowest BCUT2D eigenvalue weighted by atomic mass is 9.96. The van der Waals surface area contributed by atoms with Gasteiger partial charge in [0.05, 0.1) is 10.5 Å². The van der Waals surface area contributed by atoms with Crippen LogP contribution in [-0.2, 0) is 6.54 Å². The lowest BCUT2D eigenvalue weighted by Gasteiger charge is -2.32. The van der Waals surface area contributed by atoms with Gasteiger partial charge in [-0.05, 0) is 50.4 Å². The highest BCUT2D eigenvalue weighted by molar-refractivity contribution is 5.99. The van der Waals surface area contributed by atoms with Gasteiger partial charge in [-0.3, -0.25) is 19.8 Å². The maximum Gasteiger partial charge on any atom is 0.270 e. The van der Waals surface area contributed by atoms with Crippen LogP contribution in [0.1, 0.15) is 34.3 Å². The second-order valence-corrected chi connectivity index (χ2v) is 7.44. The Balaban J connectivity index is 1.52. The van der Waals surface area contributed by atoms with Crippen LogP contribution in [0.2, 0.25) is 0 Å². The summed E-state index contributed by atoms with van der Waals surface area (Å²) in [6.45, 7) is 5.84. The smallest absolute Gasteiger partial charge is 0.270 e. The minimum Gasteiger partial charge on any atom is -0.384 e. The molecule has 1 aliphatic heterocycles. The molecule has 28 heavy (non-hydrogen) atoms. The maximum atomic E-state index is 11.6. The molecule has 148 valence electrons. The van der Waals surface area contributed by atoms with Gasteiger partial charge in [0.15, 0.2) is 0 Å². The number of aryl methyl sites for hydroxylation is 1. The number of non-ortho nitro benzene ring substituents is 1. The van der Waals surface area contributed by atoms with Crippen molar-refractivity contribution in [1.29, 1.82) is 0 Å². The molecule has 3 N–H and O–H groups in total. The zero-order valence-electron chi connectivity index (χ0n) is 16.1. The van der Waals surface area contributed by atoms with Crippen molar-refractivity contribution in [2.24, 2.45) is 11.7 Å². The van der Waals surface area contributed by atoms with Gasteiger partial charge >= 0.3 is 0 Å². The number of carbonyl (C=O) groups excluding carboxylic acids is 1. The molecule has 7 heteroatoms. The molecule has 1 saturated heterocycles. The van der Waals surface area contributed by atoms with Crippen LogP contribution < -0.4 is 11.1 Å². The van der Waals surface area contributed by atoms with E-state index in [1.807, 2.05) is 0 Å². The number of benzene rings is 2. The van der Waals surface area contributed by atoms with Crippen molar-refractivity contribution in [1.82, 2.24) is 4.90 Å². The first-order chi connectivity index (χ1) is 13.4. The Kier molecular flexibility index (Phi) is 6.26. The van der Waals surface area contributed by atoms with Gasteiger partial charge in [0.2, 0.25) is 0 Å². The van der Waals surface area contributed by atoms with Crippen LogP contribution in [0, 0.1) is 23.0 Å². The Morgan fingerprint density at radius 1 is 1.21 bits per heavy atom. The zero-order chi connectivity index (χ0) is 20.1. The first kappa shape index (κ1) is 19.8. The maximum absolute atomic E-state index is 11.6. The predicted octanol–water partition coefficient (Wildman–Crippen LogP) is 3.33. The molecule has 1 fully saturated rings. The van der Waals surface area contributed by atoms with Crippen molar-refractivity contribution in [3.05, 3.63) is 69.3 Å². The molecule has 0 unspecified atom stereocenters. The van der Waals surface area contributed by atoms with Crippen LogP contribution in [0.4, 0.5) is 11.4 Å². The number of hydrogen-bond donors (Lipinski definition) is 2. The van der Waals surface area contributed by atoms with Crippen molar-refractivity contribution >= 4 is 17.3 Å². The van der Waals surface area contributed by atoms with E-state index >= 15 is 0 Å². The molecule has 3 rings (SSSR count). The van der Waals surface area contributed by atoms with E-state index in [9.17, 15) is 14.9 Å². The molecule has 1 heterocycles. The van der Waals surface area contributed by atoms with Gasteiger partial charge in [0.1, 0.15) is 0 Å². The number of nitro groups is 1. The highest BCUT2D eigenvalue weighted by Gasteiger charge is 2.20. The first-order valence-corrected chi connectivity index (χ1v) is 9.52. The summed E-state index contributed by atoms with van der Waals surface area (Å²) in [5.74, 6) is -0.177. The number of piperidine rings is 1. The standard InChI is InChI=1S/C21H26N4O3/c1-15-2-4-17(5-3-15)14-24-10-8-16(9-11-24)13-23-20-7-6-18(25(27)28)12-19(20)21(22)26/h2-7,12,16,23H,8-11,13-14H2,1H3,(H2,22,26). The highest BCUT2D eigenvalue weighted by Crippen LogP contribution is 2.24. The molecule has 0 radical (unpaired) electrons. The van der Waals surface area contributed by atoms with Crippen LogP contribution in [-0.4, -0.2) is 35.4 Å². The third-order valence-electron chi connectivity index (χ3n) is 5.29. The number of primary amides is 1. The molecule has 0 aliphatic carbocycles. The summed E-state index contributed by atoms with van der Waals surface area (Å²) in [5.41, 5.74) is 8.57. The normalized spacial score (nSPS) is 15.3. The fourth-order valence-electron chi connectivity index (χ4n) is 3.56. The van der Waals surface area contributed by atoms with Crippen LogP contribution >= 0.6 is 0 Å². The monoisotopic (exact) mass is 382 g/mol. The number of anilines is 1. The fraction of sp³-hybridized carbons (Fsp3) is 0.381. The van der Waals surface area contributed by atoms with Gasteiger partial charge in [-0.15, -0.1) is 0 Å². The number of hydrogen-bond acceptors (Lipinski definition) is 5. The molecule has 0 atom stereocenters. The van der Waals surface area contributed by atoms with E-state index in [2.05, 4.69) is 41.4 Å². The Hall–Kier alpha value is -2.93. The van der Waals surface area contributed by atoms with E-state index in [-0.39, 0.29) is 11.3 Å². The average Bonchev–Trinajstić information content (AvgIpc) is 2.69. The first-order valence-electron chi connectivity index (χ1n) is 9.52. The van der Waals surface area contributed by atoms with E-state index in [1.165, 1.54) is 23.3 Å². The van der Waals surface area contributed by atoms with Crippen molar-refractivity contribution < 1.29 is 9.72 Å². The fourth-order valence-corrected chi connectivity index (χ4v) is 3.56. The Morgan fingerprint density at radius 3 is 2.50 bits per heavy atom. The van der Waals surface area contributed by atoms with Crippen molar-refractivity contribution in [2.45, 2.75) is 26.3 Å². The molecule has 0 bridgehead atoms. The quantitative estimate of drug-likeness (QED) is 0.565. The van der Waals surface area contributed by atoms with Crippen LogP contribution in [0.3, 0.4) is 0 Å². The minimum atomic E-state index is -0.667. The molecule has 1 aliphatic rings. The number of nitro benzene ring substituents is 1. The number of nitrogens with one attached hydrogen (secondary N) is 1. The third-order valence-corrected chi connectivity index (χ3v) is 5.29. The lowest BCUT2D eigenvalue weighted by Crippen LogP contribution is -2.35. The summed E-state index contributed by atoms with van der Waals surface area (Å²) in [7, 11) is 0.